The minimum Gasteiger partial charge on any atom is -0.329 e. The average Bonchev–Trinajstić information content (AvgIpc) is 2.75. The Bertz CT molecular complexity index is 457. The summed E-state index contributed by atoms with van der Waals surface area (Å²) in [6, 6.07) is 4.35. The van der Waals surface area contributed by atoms with Crippen molar-refractivity contribution in [3.63, 3.8) is 0 Å². The van der Waals surface area contributed by atoms with Gasteiger partial charge in [-0.2, -0.15) is 13.2 Å². The summed E-state index contributed by atoms with van der Waals surface area (Å²) in [6.45, 7) is 3.64. The molecule has 2 N–H and O–H groups in total. The van der Waals surface area contributed by atoms with Crippen LogP contribution in [0, 0.1) is 0 Å². The van der Waals surface area contributed by atoms with Crippen LogP contribution in [0.2, 0.25) is 0 Å². The van der Waals surface area contributed by atoms with E-state index in [1.807, 2.05) is 0 Å². The fourth-order valence-corrected chi connectivity index (χ4v) is 2.94. The van der Waals surface area contributed by atoms with Crippen LogP contribution in [0.25, 0.3) is 0 Å². The largest absolute Gasteiger partial charge is 0.416 e. The molecular formula is C15H21F3N2. The van der Waals surface area contributed by atoms with Crippen LogP contribution in [-0.4, -0.2) is 18.0 Å². The Morgan fingerprint density at radius 2 is 2.05 bits per heavy atom. The van der Waals surface area contributed by atoms with Crippen LogP contribution in [0.3, 0.4) is 0 Å². The molecule has 1 aliphatic heterocycles. The Morgan fingerprint density at radius 1 is 1.30 bits per heavy atom. The molecular weight excluding hydrogens is 265 g/mol. The molecule has 0 aromatic heterocycles. The fourth-order valence-electron chi connectivity index (χ4n) is 2.94. The molecule has 0 saturated heterocycles. The van der Waals surface area contributed by atoms with E-state index >= 15 is 0 Å². The van der Waals surface area contributed by atoms with Crippen LogP contribution in [0.4, 0.5) is 13.2 Å². The smallest absolute Gasteiger partial charge is 0.329 e. The Hall–Kier alpha value is -1.07. The van der Waals surface area contributed by atoms with E-state index in [-0.39, 0.29) is 6.04 Å². The van der Waals surface area contributed by atoms with Gasteiger partial charge in [0.15, 0.2) is 0 Å². The number of nitrogens with two attached hydrogens (primary N) is 1. The highest BCUT2D eigenvalue weighted by Gasteiger charge is 2.39. The second-order valence-electron chi connectivity index (χ2n) is 5.30. The van der Waals surface area contributed by atoms with Crippen molar-refractivity contribution in [2.75, 3.05) is 13.1 Å². The van der Waals surface area contributed by atoms with E-state index < -0.39 is 11.7 Å². The SMILES string of the molecule is CCCCCN1Cc2c(cccc2C(F)(F)F)C1CN. The Labute approximate surface area is 117 Å². The molecule has 0 radical (unpaired) electrons. The van der Waals surface area contributed by atoms with Gasteiger partial charge in [0.1, 0.15) is 0 Å². The van der Waals surface area contributed by atoms with Crippen LogP contribution in [-0.2, 0) is 12.7 Å². The van der Waals surface area contributed by atoms with E-state index in [2.05, 4.69) is 11.8 Å². The third-order valence-corrected chi connectivity index (χ3v) is 3.95. The van der Waals surface area contributed by atoms with E-state index in [9.17, 15) is 13.2 Å². The van der Waals surface area contributed by atoms with Crippen molar-refractivity contribution >= 4 is 0 Å². The van der Waals surface area contributed by atoms with Gasteiger partial charge in [-0.3, -0.25) is 4.90 Å². The quantitative estimate of drug-likeness (QED) is 0.836. The van der Waals surface area contributed by atoms with E-state index in [0.29, 0.717) is 18.7 Å². The number of alkyl halides is 3. The van der Waals surface area contributed by atoms with Crippen molar-refractivity contribution in [1.82, 2.24) is 4.90 Å². The van der Waals surface area contributed by atoms with Gasteiger partial charge in [0.25, 0.3) is 0 Å². The lowest BCUT2D eigenvalue weighted by molar-refractivity contribution is -0.138. The highest BCUT2D eigenvalue weighted by molar-refractivity contribution is 5.42. The Kier molecular flexibility index (Phi) is 4.70. The van der Waals surface area contributed by atoms with Gasteiger partial charge in [-0.05, 0) is 30.2 Å². The van der Waals surface area contributed by atoms with Crippen molar-refractivity contribution in [1.29, 1.82) is 0 Å². The molecule has 20 heavy (non-hydrogen) atoms. The first-order chi connectivity index (χ1) is 9.49. The number of benzene rings is 1. The zero-order valence-corrected chi connectivity index (χ0v) is 11.7. The molecule has 0 fully saturated rings. The molecule has 2 rings (SSSR count). The van der Waals surface area contributed by atoms with Gasteiger partial charge >= 0.3 is 6.18 Å². The van der Waals surface area contributed by atoms with Crippen molar-refractivity contribution in [2.45, 2.75) is 44.9 Å². The summed E-state index contributed by atoms with van der Waals surface area (Å²) in [6.07, 6.45) is -1.09. The molecule has 0 bridgehead atoms. The molecule has 0 saturated carbocycles. The summed E-state index contributed by atoms with van der Waals surface area (Å²) in [5.74, 6) is 0. The van der Waals surface area contributed by atoms with Crippen LogP contribution >= 0.6 is 0 Å². The molecule has 1 unspecified atom stereocenters. The highest BCUT2D eigenvalue weighted by atomic mass is 19.4. The van der Waals surface area contributed by atoms with E-state index in [0.717, 1.165) is 31.4 Å². The second-order valence-corrected chi connectivity index (χ2v) is 5.30. The van der Waals surface area contributed by atoms with Gasteiger partial charge in [-0.1, -0.05) is 31.9 Å². The predicted molar refractivity (Wildman–Crippen MR) is 73.2 cm³/mol. The number of hydrogen-bond donors (Lipinski definition) is 1. The summed E-state index contributed by atoms with van der Waals surface area (Å²) in [5.41, 5.74) is 6.43. The molecule has 1 aromatic carbocycles. The Balaban J connectivity index is 2.25. The number of halogens is 3. The van der Waals surface area contributed by atoms with Gasteiger partial charge in [-0.15, -0.1) is 0 Å². The summed E-state index contributed by atoms with van der Waals surface area (Å²) in [7, 11) is 0. The zero-order valence-electron chi connectivity index (χ0n) is 11.7. The zero-order chi connectivity index (χ0) is 14.8. The second kappa shape index (κ2) is 6.14. The maximum atomic E-state index is 13.1. The van der Waals surface area contributed by atoms with E-state index in [1.165, 1.54) is 12.1 Å². The number of hydrogen-bond acceptors (Lipinski definition) is 2. The normalized spacial score (nSPS) is 19.4. The fraction of sp³-hybridized carbons (Fsp3) is 0.600. The van der Waals surface area contributed by atoms with Gasteiger partial charge in [0.05, 0.1) is 5.56 Å². The minimum atomic E-state index is -4.29. The van der Waals surface area contributed by atoms with Gasteiger partial charge in [0.2, 0.25) is 0 Å². The molecule has 1 aromatic rings. The third-order valence-electron chi connectivity index (χ3n) is 3.95. The number of rotatable bonds is 5. The minimum absolute atomic E-state index is 0.0795. The molecule has 0 amide bonds. The standard InChI is InChI=1S/C15H21F3N2/c1-2-3-4-8-20-10-12-11(14(20)9-19)6-5-7-13(12)15(16,17)18/h5-7,14H,2-4,8-10,19H2,1H3. The molecule has 5 heteroatoms. The number of unbranched alkanes of at least 4 members (excludes halogenated alkanes) is 2. The van der Waals surface area contributed by atoms with E-state index in [1.54, 1.807) is 6.07 Å². The van der Waals surface area contributed by atoms with Crippen LogP contribution in [0.15, 0.2) is 18.2 Å². The van der Waals surface area contributed by atoms with Crippen molar-refractivity contribution in [2.24, 2.45) is 5.73 Å². The first-order valence-corrected chi connectivity index (χ1v) is 7.12. The highest BCUT2D eigenvalue weighted by Crippen LogP contribution is 2.41. The summed E-state index contributed by atoms with van der Waals surface area (Å²) in [5, 5.41) is 0. The first-order valence-electron chi connectivity index (χ1n) is 7.12. The first kappa shape index (κ1) is 15.3. The molecule has 1 atom stereocenters. The van der Waals surface area contributed by atoms with Crippen molar-refractivity contribution in [3.05, 3.63) is 34.9 Å². The van der Waals surface area contributed by atoms with Gasteiger partial charge in [-0.25, -0.2) is 0 Å². The topological polar surface area (TPSA) is 29.3 Å². The van der Waals surface area contributed by atoms with Crippen molar-refractivity contribution < 1.29 is 13.2 Å². The van der Waals surface area contributed by atoms with Gasteiger partial charge < -0.3 is 5.73 Å². The maximum Gasteiger partial charge on any atom is 0.416 e. The van der Waals surface area contributed by atoms with Gasteiger partial charge in [0, 0.05) is 19.1 Å². The van der Waals surface area contributed by atoms with Crippen LogP contribution in [0.5, 0.6) is 0 Å². The lowest BCUT2D eigenvalue weighted by Crippen LogP contribution is -2.28. The van der Waals surface area contributed by atoms with Crippen molar-refractivity contribution in [3.8, 4) is 0 Å². The molecule has 112 valence electrons. The van der Waals surface area contributed by atoms with Crippen LogP contribution < -0.4 is 5.73 Å². The predicted octanol–water partition coefficient (Wildman–Crippen LogP) is 3.71. The summed E-state index contributed by atoms with van der Waals surface area (Å²) >= 11 is 0. The molecule has 0 aliphatic carbocycles. The number of nitrogens with zero attached hydrogens (tertiary/aromatic N) is 1. The molecule has 1 aliphatic rings. The lowest BCUT2D eigenvalue weighted by atomic mass is 9.99. The molecule has 1 heterocycles. The molecule has 0 spiro atoms. The summed E-state index contributed by atoms with van der Waals surface area (Å²) in [4.78, 5) is 2.08. The maximum absolute atomic E-state index is 13.1. The number of fused-ring (bicyclic) bond motifs is 1. The summed E-state index contributed by atoms with van der Waals surface area (Å²) < 4.78 is 39.2. The molecule has 2 nitrogen and oxygen atoms in total. The Morgan fingerprint density at radius 3 is 2.65 bits per heavy atom. The average molecular weight is 286 g/mol. The van der Waals surface area contributed by atoms with E-state index in [4.69, 9.17) is 5.73 Å². The van der Waals surface area contributed by atoms with Crippen LogP contribution in [0.1, 0.15) is 48.9 Å². The lowest BCUT2D eigenvalue weighted by Gasteiger charge is -2.23. The monoisotopic (exact) mass is 286 g/mol. The third kappa shape index (κ3) is 2.99.